The standard InChI is InChI=1S/C23H28N2O2.C2HF3O2/c1-3-20(26)11-5-4-8-14-23(2,27)22-24-16-21(25-22)19-13-12-17-9-6-7-10-18(17)15-19;3-2(4,5)1(6)7/h6-7,9-10,12-13,15-16,27H,3-5,8,11,14H2,1-2H3,(H,24,25);(H,6,7)/t23-;/m1./s1. The minimum absolute atomic E-state index is 0.313. The number of carboxylic acids is 1. The molecule has 0 saturated heterocycles. The van der Waals surface area contributed by atoms with Crippen LogP contribution in [0.1, 0.15) is 58.2 Å². The number of carbonyl (C=O) groups excluding carboxylic acids is 1. The number of carbonyl (C=O) groups is 2. The van der Waals surface area contributed by atoms with Crippen LogP contribution >= 0.6 is 0 Å². The third-order valence-electron chi connectivity index (χ3n) is 5.40. The molecule has 9 heteroatoms. The molecule has 0 saturated carbocycles. The van der Waals surface area contributed by atoms with Crippen LogP contribution in [0.2, 0.25) is 0 Å². The molecule has 0 fully saturated rings. The number of Topliss-reactive ketones (excluding diaryl/α,β-unsaturated/α-hetero) is 1. The van der Waals surface area contributed by atoms with E-state index in [1.807, 2.05) is 19.1 Å². The van der Waals surface area contributed by atoms with Crippen molar-refractivity contribution in [2.45, 2.75) is 64.1 Å². The highest BCUT2D eigenvalue weighted by Crippen LogP contribution is 2.28. The Hall–Kier alpha value is -3.20. The van der Waals surface area contributed by atoms with E-state index in [1.165, 1.54) is 10.8 Å². The predicted octanol–water partition coefficient (Wildman–Crippen LogP) is 6.00. The zero-order valence-corrected chi connectivity index (χ0v) is 19.2. The van der Waals surface area contributed by atoms with Gasteiger partial charge in [-0.1, -0.05) is 56.2 Å². The number of halogens is 3. The molecule has 0 unspecified atom stereocenters. The van der Waals surface area contributed by atoms with Crippen LogP contribution in [-0.4, -0.2) is 38.1 Å². The summed E-state index contributed by atoms with van der Waals surface area (Å²) in [5.74, 6) is -1.85. The number of aliphatic carboxylic acids is 1. The Balaban J connectivity index is 0.000000509. The maximum absolute atomic E-state index is 11.3. The van der Waals surface area contributed by atoms with E-state index in [2.05, 4.69) is 40.3 Å². The number of aliphatic hydroxyl groups is 1. The number of aromatic nitrogens is 2. The van der Waals surface area contributed by atoms with Gasteiger partial charge in [0.1, 0.15) is 17.2 Å². The van der Waals surface area contributed by atoms with Crippen LogP contribution < -0.4 is 0 Å². The zero-order valence-electron chi connectivity index (χ0n) is 19.2. The van der Waals surface area contributed by atoms with Crippen molar-refractivity contribution in [3.63, 3.8) is 0 Å². The summed E-state index contributed by atoms with van der Waals surface area (Å²) >= 11 is 0. The van der Waals surface area contributed by atoms with Gasteiger partial charge in [0.2, 0.25) is 0 Å². The van der Waals surface area contributed by atoms with E-state index in [9.17, 15) is 23.1 Å². The number of H-pyrrole nitrogens is 1. The number of nitrogens with one attached hydrogen (secondary N) is 1. The van der Waals surface area contributed by atoms with Crippen LogP contribution in [0.5, 0.6) is 0 Å². The van der Waals surface area contributed by atoms with Crippen LogP contribution in [0, 0.1) is 0 Å². The van der Waals surface area contributed by atoms with Crippen molar-refractivity contribution in [2.75, 3.05) is 0 Å². The SMILES string of the molecule is CCC(=O)CCCCC[C@@](C)(O)c1ncc(-c2ccc3ccccc3c2)[nH]1.O=C(O)C(F)(F)F. The van der Waals surface area contributed by atoms with Gasteiger partial charge in [-0.2, -0.15) is 13.2 Å². The molecule has 6 nitrogen and oxygen atoms in total. The van der Waals surface area contributed by atoms with Gasteiger partial charge in [0.25, 0.3) is 0 Å². The molecule has 3 N–H and O–H groups in total. The number of aromatic amines is 1. The minimum Gasteiger partial charge on any atom is -0.475 e. The lowest BCUT2D eigenvalue weighted by molar-refractivity contribution is -0.192. The van der Waals surface area contributed by atoms with E-state index in [0.717, 1.165) is 30.5 Å². The largest absolute Gasteiger partial charge is 0.490 e. The Morgan fingerprint density at radius 1 is 1.03 bits per heavy atom. The Bertz CT molecular complexity index is 1110. The number of unbranched alkanes of at least 4 members (excludes halogenated alkanes) is 2. The van der Waals surface area contributed by atoms with Gasteiger partial charge in [0, 0.05) is 18.4 Å². The summed E-state index contributed by atoms with van der Waals surface area (Å²) in [6.45, 7) is 3.70. The number of benzene rings is 2. The predicted molar refractivity (Wildman–Crippen MR) is 123 cm³/mol. The Labute approximate surface area is 195 Å². The number of fused-ring (bicyclic) bond motifs is 1. The van der Waals surface area contributed by atoms with Gasteiger partial charge in [-0.25, -0.2) is 9.78 Å². The van der Waals surface area contributed by atoms with Gasteiger partial charge < -0.3 is 15.2 Å². The molecule has 0 aliphatic heterocycles. The van der Waals surface area contributed by atoms with Crippen molar-refractivity contribution in [3.8, 4) is 11.3 Å². The lowest BCUT2D eigenvalue weighted by Crippen LogP contribution is -2.22. The monoisotopic (exact) mass is 478 g/mol. The Morgan fingerprint density at radius 2 is 1.68 bits per heavy atom. The van der Waals surface area contributed by atoms with Crippen LogP contribution in [-0.2, 0) is 15.2 Å². The molecule has 34 heavy (non-hydrogen) atoms. The molecule has 184 valence electrons. The summed E-state index contributed by atoms with van der Waals surface area (Å²) in [5, 5.41) is 20.3. The quantitative estimate of drug-likeness (QED) is 0.327. The van der Waals surface area contributed by atoms with Crippen molar-refractivity contribution in [2.24, 2.45) is 0 Å². The van der Waals surface area contributed by atoms with Crippen LogP contribution in [0.15, 0.2) is 48.7 Å². The first-order valence-electron chi connectivity index (χ1n) is 11.0. The lowest BCUT2D eigenvalue weighted by atomic mass is 9.97. The van der Waals surface area contributed by atoms with Crippen molar-refractivity contribution in [1.29, 1.82) is 0 Å². The Morgan fingerprint density at radius 3 is 2.29 bits per heavy atom. The highest BCUT2D eigenvalue weighted by atomic mass is 19.4. The number of imidazole rings is 1. The van der Waals surface area contributed by atoms with E-state index in [-0.39, 0.29) is 0 Å². The average Bonchev–Trinajstić information content (AvgIpc) is 3.29. The van der Waals surface area contributed by atoms with Gasteiger partial charge >= 0.3 is 12.1 Å². The first-order valence-corrected chi connectivity index (χ1v) is 11.0. The van der Waals surface area contributed by atoms with Crippen LogP contribution in [0.4, 0.5) is 13.2 Å². The van der Waals surface area contributed by atoms with Gasteiger partial charge in [0.15, 0.2) is 0 Å². The zero-order chi connectivity index (χ0) is 25.4. The number of ketones is 1. The number of hydrogen-bond donors (Lipinski definition) is 3. The lowest BCUT2D eigenvalue weighted by Gasteiger charge is -2.20. The third kappa shape index (κ3) is 7.98. The van der Waals surface area contributed by atoms with Crippen molar-refractivity contribution < 1.29 is 33.0 Å². The fraction of sp³-hybridized carbons (Fsp3) is 0.400. The maximum Gasteiger partial charge on any atom is 0.490 e. The highest BCUT2D eigenvalue weighted by Gasteiger charge is 2.38. The van der Waals surface area contributed by atoms with Gasteiger partial charge in [-0.05, 0) is 36.6 Å². The number of hydrogen-bond acceptors (Lipinski definition) is 4. The molecular weight excluding hydrogens is 449 g/mol. The molecule has 0 aliphatic rings. The summed E-state index contributed by atoms with van der Waals surface area (Å²) in [4.78, 5) is 28.0. The number of rotatable bonds is 9. The van der Waals surface area contributed by atoms with E-state index in [0.29, 0.717) is 30.9 Å². The summed E-state index contributed by atoms with van der Waals surface area (Å²) < 4.78 is 31.7. The Kier molecular flexibility index (Phi) is 9.37. The second kappa shape index (κ2) is 11.8. The topological polar surface area (TPSA) is 103 Å². The molecule has 2 aromatic carbocycles. The molecule has 1 atom stereocenters. The number of nitrogens with zero attached hydrogens (tertiary/aromatic N) is 1. The molecule has 1 aromatic heterocycles. The number of carboxylic acid groups (broad SMARTS) is 1. The summed E-state index contributed by atoms with van der Waals surface area (Å²) in [5.41, 5.74) is 0.968. The number of alkyl halides is 3. The normalized spacial score (nSPS) is 13.1. The molecule has 0 spiro atoms. The molecular formula is C25H29F3N2O4. The second-order valence-electron chi connectivity index (χ2n) is 8.24. The first-order chi connectivity index (χ1) is 15.9. The summed E-state index contributed by atoms with van der Waals surface area (Å²) in [6, 6.07) is 14.5. The van der Waals surface area contributed by atoms with Crippen LogP contribution in [0.3, 0.4) is 0 Å². The van der Waals surface area contributed by atoms with E-state index in [4.69, 9.17) is 9.90 Å². The second-order valence-corrected chi connectivity index (χ2v) is 8.24. The molecule has 0 aliphatic carbocycles. The minimum atomic E-state index is -5.08. The maximum atomic E-state index is 11.3. The summed E-state index contributed by atoms with van der Waals surface area (Å²) in [6.07, 6.45) is 1.29. The van der Waals surface area contributed by atoms with Crippen molar-refractivity contribution in [1.82, 2.24) is 9.97 Å². The molecule has 0 radical (unpaired) electrons. The molecule has 3 rings (SSSR count). The van der Waals surface area contributed by atoms with Crippen molar-refractivity contribution in [3.05, 3.63) is 54.5 Å². The molecule has 1 heterocycles. The molecule has 0 amide bonds. The van der Waals surface area contributed by atoms with E-state index < -0.39 is 17.7 Å². The third-order valence-corrected chi connectivity index (χ3v) is 5.40. The fourth-order valence-electron chi connectivity index (χ4n) is 3.36. The van der Waals surface area contributed by atoms with Gasteiger partial charge in [-0.15, -0.1) is 0 Å². The average molecular weight is 479 g/mol. The van der Waals surface area contributed by atoms with E-state index in [1.54, 1.807) is 13.1 Å². The van der Waals surface area contributed by atoms with E-state index >= 15 is 0 Å². The van der Waals surface area contributed by atoms with Crippen LogP contribution in [0.25, 0.3) is 22.0 Å². The summed E-state index contributed by atoms with van der Waals surface area (Å²) in [7, 11) is 0. The van der Waals surface area contributed by atoms with Crippen molar-refractivity contribution >= 4 is 22.5 Å². The molecule has 0 bridgehead atoms. The first kappa shape index (κ1) is 27.0. The molecule has 3 aromatic rings. The fourth-order valence-corrected chi connectivity index (χ4v) is 3.36. The van der Waals surface area contributed by atoms with Gasteiger partial charge in [-0.3, -0.25) is 4.79 Å². The smallest absolute Gasteiger partial charge is 0.475 e. The highest BCUT2D eigenvalue weighted by molar-refractivity contribution is 5.86. The van der Waals surface area contributed by atoms with Gasteiger partial charge in [0.05, 0.1) is 11.9 Å².